The van der Waals surface area contributed by atoms with Crippen LogP contribution in [-0.4, -0.2) is 44.8 Å². The lowest BCUT2D eigenvalue weighted by molar-refractivity contribution is 0.0159. The summed E-state index contributed by atoms with van der Waals surface area (Å²) in [6.45, 7) is 1.10. The SMILES string of the molecule is COc1ccc(NC(=O)N(C)CC2Cc3ccccc3CO2)c(OC)c1. The molecule has 2 aromatic carbocycles. The standard InChI is InChI=1S/C20H24N2O4/c1-22(12-17-10-14-6-4-5-7-15(14)13-26-17)20(23)21-18-9-8-16(24-2)11-19(18)25-3/h4-9,11,17H,10,12-13H2,1-3H3,(H,21,23). The first-order valence-corrected chi connectivity index (χ1v) is 8.53. The number of carbonyl (C=O) groups excluding carboxylic acids is 1. The van der Waals surface area contributed by atoms with Gasteiger partial charge >= 0.3 is 6.03 Å². The van der Waals surface area contributed by atoms with Crippen LogP contribution < -0.4 is 14.8 Å². The van der Waals surface area contributed by atoms with E-state index in [1.807, 2.05) is 12.1 Å². The zero-order valence-electron chi connectivity index (χ0n) is 15.3. The van der Waals surface area contributed by atoms with Gasteiger partial charge in [-0.3, -0.25) is 0 Å². The minimum Gasteiger partial charge on any atom is -0.497 e. The van der Waals surface area contributed by atoms with Crippen molar-refractivity contribution in [3.63, 3.8) is 0 Å². The van der Waals surface area contributed by atoms with Crippen molar-refractivity contribution in [3.8, 4) is 11.5 Å². The molecule has 1 heterocycles. The van der Waals surface area contributed by atoms with E-state index >= 15 is 0 Å². The summed E-state index contributed by atoms with van der Waals surface area (Å²) in [7, 11) is 4.90. The second-order valence-corrected chi connectivity index (χ2v) is 6.28. The molecular formula is C20H24N2O4. The van der Waals surface area contributed by atoms with Gasteiger partial charge in [-0.15, -0.1) is 0 Å². The van der Waals surface area contributed by atoms with E-state index in [-0.39, 0.29) is 12.1 Å². The molecule has 1 atom stereocenters. The minimum absolute atomic E-state index is 0.0154. The van der Waals surface area contributed by atoms with E-state index < -0.39 is 0 Å². The maximum absolute atomic E-state index is 12.5. The average Bonchev–Trinajstić information content (AvgIpc) is 2.68. The van der Waals surface area contributed by atoms with Gasteiger partial charge in [0.25, 0.3) is 0 Å². The highest BCUT2D eigenvalue weighted by molar-refractivity contribution is 5.91. The predicted molar refractivity (Wildman–Crippen MR) is 99.9 cm³/mol. The van der Waals surface area contributed by atoms with Crippen molar-refractivity contribution >= 4 is 11.7 Å². The number of methoxy groups -OCH3 is 2. The number of carbonyl (C=O) groups is 1. The zero-order chi connectivity index (χ0) is 18.5. The summed E-state index contributed by atoms with van der Waals surface area (Å²) in [4.78, 5) is 14.2. The molecule has 3 rings (SSSR count). The van der Waals surface area contributed by atoms with Crippen LogP contribution in [0.15, 0.2) is 42.5 Å². The molecule has 6 nitrogen and oxygen atoms in total. The van der Waals surface area contributed by atoms with Crippen molar-refractivity contribution in [2.75, 3.05) is 33.1 Å². The van der Waals surface area contributed by atoms with Crippen molar-refractivity contribution < 1.29 is 19.0 Å². The van der Waals surface area contributed by atoms with Gasteiger partial charge in [0.1, 0.15) is 11.5 Å². The Morgan fingerprint density at radius 3 is 2.69 bits per heavy atom. The third-order valence-electron chi connectivity index (χ3n) is 4.51. The van der Waals surface area contributed by atoms with E-state index in [4.69, 9.17) is 14.2 Å². The molecule has 0 bridgehead atoms. The third kappa shape index (κ3) is 4.08. The van der Waals surface area contributed by atoms with Gasteiger partial charge in [-0.1, -0.05) is 24.3 Å². The molecule has 1 aliphatic rings. The molecule has 0 radical (unpaired) electrons. The Balaban J connectivity index is 1.60. The Morgan fingerprint density at radius 1 is 1.19 bits per heavy atom. The minimum atomic E-state index is -0.212. The number of anilines is 1. The monoisotopic (exact) mass is 356 g/mol. The molecule has 2 amide bonds. The number of nitrogens with zero attached hydrogens (tertiary/aromatic N) is 1. The van der Waals surface area contributed by atoms with Crippen LogP contribution in [0, 0.1) is 0 Å². The third-order valence-corrected chi connectivity index (χ3v) is 4.51. The van der Waals surface area contributed by atoms with Gasteiger partial charge in [-0.05, 0) is 23.3 Å². The summed E-state index contributed by atoms with van der Waals surface area (Å²) in [5.41, 5.74) is 3.10. The molecule has 6 heteroatoms. The fraction of sp³-hybridized carbons (Fsp3) is 0.350. The van der Waals surface area contributed by atoms with E-state index in [1.165, 1.54) is 11.1 Å². The largest absolute Gasteiger partial charge is 0.497 e. The highest BCUT2D eigenvalue weighted by Crippen LogP contribution is 2.29. The fourth-order valence-electron chi connectivity index (χ4n) is 3.03. The summed E-state index contributed by atoms with van der Waals surface area (Å²) < 4.78 is 16.4. The number of nitrogens with one attached hydrogen (secondary N) is 1. The van der Waals surface area contributed by atoms with Crippen molar-refractivity contribution in [1.29, 1.82) is 0 Å². The van der Waals surface area contributed by atoms with E-state index in [0.29, 0.717) is 30.3 Å². The van der Waals surface area contributed by atoms with Crippen molar-refractivity contribution in [2.45, 2.75) is 19.1 Å². The van der Waals surface area contributed by atoms with Crippen LogP contribution in [0.4, 0.5) is 10.5 Å². The molecule has 2 aromatic rings. The molecule has 1 unspecified atom stereocenters. The van der Waals surface area contributed by atoms with Crippen LogP contribution in [0.2, 0.25) is 0 Å². The maximum Gasteiger partial charge on any atom is 0.321 e. The molecule has 138 valence electrons. The Bertz CT molecular complexity index is 778. The number of likely N-dealkylation sites (N-methyl/N-ethyl adjacent to an activating group) is 1. The molecule has 1 aliphatic heterocycles. The van der Waals surface area contributed by atoms with Gasteiger partial charge in [0, 0.05) is 26.1 Å². The summed E-state index contributed by atoms with van der Waals surface area (Å²) in [6.07, 6.45) is 0.790. The quantitative estimate of drug-likeness (QED) is 0.893. The second kappa shape index (κ2) is 8.10. The molecular weight excluding hydrogens is 332 g/mol. The number of ether oxygens (including phenoxy) is 3. The predicted octanol–water partition coefficient (Wildman–Crippen LogP) is 3.31. The fourth-order valence-corrected chi connectivity index (χ4v) is 3.03. The number of hydrogen-bond donors (Lipinski definition) is 1. The first-order chi connectivity index (χ1) is 12.6. The number of fused-ring (bicyclic) bond motifs is 1. The first-order valence-electron chi connectivity index (χ1n) is 8.53. The molecule has 1 N–H and O–H groups in total. The highest BCUT2D eigenvalue weighted by atomic mass is 16.5. The van der Waals surface area contributed by atoms with Crippen molar-refractivity contribution in [3.05, 3.63) is 53.6 Å². The topological polar surface area (TPSA) is 60.0 Å². The van der Waals surface area contributed by atoms with Crippen LogP contribution in [0.1, 0.15) is 11.1 Å². The van der Waals surface area contributed by atoms with Gasteiger partial charge < -0.3 is 24.4 Å². The summed E-state index contributed by atoms with van der Waals surface area (Å²) in [6, 6.07) is 13.3. The molecule has 0 spiro atoms. The molecule has 0 aromatic heterocycles. The second-order valence-electron chi connectivity index (χ2n) is 6.28. The normalized spacial score (nSPS) is 15.7. The zero-order valence-corrected chi connectivity index (χ0v) is 15.3. The van der Waals surface area contributed by atoms with Crippen LogP contribution >= 0.6 is 0 Å². The number of urea groups is 1. The summed E-state index contributed by atoms with van der Waals surface area (Å²) in [5, 5.41) is 2.87. The Kier molecular flexibility index (Phi) is 5.63. The van der Waals surface area contributed by atoms with E-state index in [1.54, 1.807) is 44.4 Å². The number of hydrogen-bond acceptors (Lipinski definition) is 4. The lowest BCUT2D eigenvalue weighted by Crippen LogP contribution is -2.40. The summed E-state index contributed by atoms with van der Waals surface area (Å²) >= 11 is 0. The molecule has 0 saturated heterocycles. The lowest BCUT2D eigenvalue weighted by Gasteiger charge is -2.29. The highest BCUT2D eigenvalue weighted by Gasteiger charge is 2.22. The Labute approximate surface area is 153 Å². The van der Waals surface area contributed by atoms with Gasteiger partial charge in [0.15, 0.2) is 0 Å². The van der Waals surface area contributed by atoms with Crippen LogP contribution in [0.5, 0.6) is 11.5 Å². The van der Waals surface area contributed by atoms with Crippen molar-refractivity contribution in [1.82, 2.24) is 4.90 Å². The van der Waals surface area contributed by atoms with Gasteiger partial charge in [-0.25, -0.2) is 4.79 Å². The lowest BCUT2D eigenvalue weighted by atomic mass is 9.99. The van der Waals surface area contributed by atoms with Crippen LogP contribution in [0.3, 0.4) is 0 Å². The van der Waals surface area contributed by atoms with E-state index in [0.717, 1.165) is 6.42 Å². The van der Waals surface area contributed by atoms with E-state index in [9.17, 15) is 4.79 Å². The molecule has 0 fully saturated rings. The van der Waals surface area contributed by atoms with Gasteiger partial charge in [0.2, 0.25) is 0 Å². The first kappa shape index (κ1) is 18.1. The average molecular weight is 356 g/mol. The van der Waals surface area contributed by atoms with Gasteiger partial charge in [0.05, 0.1) is 32.6 Å². The number of amides is 2. The Hall–Kier alpha value is -2.73. The van der Waals surface area contributed by atoms with Crippen LogP contribution in [-0.2, 0) is 17.8 Å². The van der Waals surface area contributed by atoms with Crippen LogP contribution in [0.25, 0.3) is 0 Å². The number of rotatable bonds is 5. The van der Waals surface area contributed by atoms with E-state index in [2.05, 4.69) is 17.4 Å². The molecule has 0 saturated carbocycles. The molecule has 26 heavy (non-hydrogen) atoms. The number of benzene rings is 2. The summed E-state index contributed by atoms with van der Waals surface area (Å²) in [5.74, 6) is 1.22. The van der Waals surface area contributed by atoms with Gasteiger partial charge in [-0.2, -0.15) is 0 Å². The Morgan fingerprint density at radius 2 is 1.96 bits per heavy atom. The molecule has 0 aliphatic carbocycles. The maximum atomic E-state index is 12.5. The smallest absolute Gasteiger partial charge is 0.321 e. The van der Waals surface area contributed by atoms with Crippen molar-refractivity contribution in [2.24, 2.45) is 0 Å².